The molecule has 0 spiro atoms. The number of carbonyl (C=O) groups excluding carboxylic acids is 1. The van der Waals surface area contributed by atoms with Gasteiger partial charge < -0.3 is 10.1 Å². The number of hydrogen-bond donors (Lipinski definition) is 1. The van der Waals surface area contributed by atoms with E-state index in [-0.39, 0.29) is 23.8 Å². The van der Waals surface area contributed by atoms with E-state index >= 15 is 0 Å². The number of halogens is 2. The van der Waals surface area contributed by atoms with E-state index < -0.39 is 11.6 Å². The zero-order valence-electron chi connectivity index (χ0n) is 15.7. The summed E-state index contributed by atoms with van der Waals surface area (Å²) in [5.41, 5.74) is 1.25. The molecule has 28 heavy (non-hydrogen) atoms. The standard InChI is InChI=1S/C22H22F2N2O2/c1-2-3-4-10-28-20-13-18(23)12-17(21(20)24)14-26-22(27)16-7-8-19-15(11-16)6-5-9-25-19/h5-9,11-13H,2-4,10,14H2,1H3,(H,26,27). The number of ether oxygens (including phenoxy) is 1. The van der Waals surface area contributed by atoms with E-state index in [1.54, 1.807) is 30.5 Å². The molecule has 2 aromatic carbocycles. The largest absolute Gasteiger partial charge is 0.490 e. The molecule has 0 aliphatic heterocycles. The summed E-state index contributed by atoms with van der Waals surface area (Å²) in [6.07, 6.45) is 4.42. The highest BCUT2D eigenvalue weighted by molar-refractivity contribution is 5.97. The van der Waals surface area contributed by atoms with Gasteiger partial charge in [0.1, 0.15) is 5.82 Å². The molecule has 146 valence electrons. The third-order valence-corrected chi connectivity index (χ3v) is 4.39. The van der Waals surface area contributed by atoms with E-state index in [0.717, 1.165) is 42.3 Å². The number of rotatable bonds is 8. The second-order valence-corrected chi connectivity index (χ2v) is 6.53. The van der Waals surface area contributed by atoms with E-state index in [9.17, 15) is 13.6 Å². The predicted molar refractivity (Wildman–Crippen MR) is 104 cm³/mol. The van der Waals surface area contributed by atoms with Crippen LogP contribution in [0.15, 0.2) is 48.7 Å². The van der Waals surface area contributed by atoms with Crippen LogP contribution in [-0.4, -0.2) is 17.5 Å². The van der Waals surface area contributed by atoms with Crippen molar-refractivity contribution in [2.45, 2.75) is 32.7 Å². The highest BCUT2D eigenvalue weighted by atomic mass is 19.1. The number of amides is 1. The van der Waals surface area contributed by atoms with Crippen molar-refractivity contribution in [1.29, 1.82) is 0 Å². The Morgan fingerprint density at radius 3 is 2.82 bits per heavy atom. The molecule has 4 nitrogen and oxygen atoms in total. The van der Waals surface area contributed by atoms with Gasteiger partial charge in [-0.2, -0.15) is 0 Å². The van der Waals surface area contributed by atoms with Crippen LogP contribution in [0.4, 0.5) is 8.78 Å². The highest BCUT2D eigenvalue weighted by Crippen LogP contribution is 2.23. The first-order valence-electron chi connectivity index (χ1n) is 9.32. The molecule has 1 amide bonds. The molecule has 0 saturated heterocycles. The molecular weight excluding hydrogens is 362 g/mol. The van der Waals surface area contributed by atoms with Crippen LogP contribution in [0.2, 0.25) is 0 Å². The summed E-state index contributed by atoms with van der Waals surface area (Å²) in [6, 6.07) is 10.8. The van der Waals surface area contributed by atoms with Crippen molar-refractivity contribution in [3.63, 3.8) is 0 Å². The third kappa shape index (κ3) is 4.82. The lowest BCUT2D eigenvalue weighted by atomic mass is 10.1. The van der Waals surface area contributed by atoms with Crippen molar-refractivity contribution < 1.29 is 18.3 Å². The van der Waals surface area contributed by atoms with Crippen LogP contribution in [0.25, 0.3) is 10.9 Å². The van der Waals surface area contributed by atoms with Gasteiger partial charge in [0.15, 0.2) is 11.6 Å². The Kier molecular flexibility index (Phi) is 6.53. The molecule has 6 heteroatoms. The number of nitrogens with zero attached hydrogens (tertiary/aromatic N) is 1. The SMILES string of the molecule is CCCCCOc1cc(F)cc(CNC(=O)c2ccc3ncccc3c2)c1F. The smallest absolute Gasteiger partial charge is 0.251 e. The van der Waals surface area contributed by atoms with Crippen molar-refractivity contribution in [2.75, 3.05) is 6.61 Å². The second kappa shape index (κ2) is 9.26. The van der Waals surface area contributed by atoms with E-state index in [1.165, 1.54) is 0 Å². The van der Waals surface area contributed by atoms with Crippen molar-refractivity contribution in [2.24, 2.45) is 0 Å². The van der Waals surface area contributed by atoms with Gasteiger partial charge in [-0.3, -0.25) is 9.78 Å². The van der Waals surface area contributed by atoms with Gasteiger partial charge in [-0.15, -0.1) is 0 Å². The number of nitrogens with one attached hydrogen (secondary N) is 1. The average molecular weight is 384 g/mol. The molecule has 1 N–H and O–H groups in total. The number of carbonyl (C=O) groups is 1. The van der Waals surface area contributed by atoms with Crippen molar-refractivity contribution >= 4 is 16.8 Å². The summed E-state index contributed by atoms with van der Waals surface area (Å²) >= 11 is 0. The van der Waals surface area contributed by atoms with Crippen LogP contribution in [0.5, 0.6) is 5.75 Å². The first-order chi connectivity index (χ1) is 13.6. The third-order valence-electron chi connectivity index (χ3n) is 4.39. The minimum absolute atomic E-state index is 0.0429. The van der Waals surface area contributed by atoms with Gasteiger partial charge in [0.25, 0.3) is 5.91 Å². The molecular formula is C22H22F2N2O2. The van der Waals surface area contributed by atoms with Crippen molar-refractivity contribution in [1.82, 2.24) is 10.3 Å². The van der Waals surface area contributed by atoms with Crippen LogP contribution < -0.4 is 10.1 Å². The lowest BCUT2D eigenvalue weighted by molar-refractivity contribution is 0.0950. The van der Waals surface area contributed by atoms with E-state index in [0.29, 0.717) is 12.2 Å². The molecule has 0 aliphatic carbocycles. The number of unbranched alkanes of at least 4 members (excludes halogenated alkanes) is 2. The zero-order valence-corrected chi connectivity index (χ0v) is 15.7. The van der Waals surface area contributed by atoms with Crippen LogP contribution >= 0.6 is 0 Å². The van der Waals surface area contributed by atoms with Gasteiger partial charge >= 0.3 is 0 Å². The summed E-state index contributed by atoms with van der Waals surface area (Å²) in [5.74, 6) is -1.76. The topological polar surface area (TPSA) is 51.2 Å². The minimum Gasteiger partial charge on any atom is -0.490 e. The van der Waals surface area contributed by atoms with Crippen LogP contribution in [-0.2, 0) is 6.54 Å². The van der Waals surface area contributed by atoms with Crippen LogP contribution in [0.1, 0.15) is 42.1 Å². The molecule has 3 aromatic rings. The van der Waals surface area contributed by atoms with Gasteiger partial charge in [-0.05, 0) is 36.8 Å². The molecule has 1 heterocycles. The molecule has 0 bridgehead atoms. The molecule has 0 aliphatic rings. The van der Waals surface area contributed by atoms with Gasteiger partial charge in [0.2, 0.25) is 0 Å². The van der Waals surface area contributed by atoms with Crippen molar-refractivity contribution in [3.05, 3.63) is 71.4 Å². The maximum atomic E-state index is 14.6. The maximum absolute atomic E-state index is 14.6. The maximum Gasteiger partial charge on any atom is 0.251 e. The number of pyridine rings is 1. The second-order valence-electron chi connectivity index (χ2n) is 6.53. The van der Waals surface area contributed by atoms with Crippen molar-refractivity contribution in [3.8, 4) is 5.75 Å². The lowest BCUT2D eigenvalue weighted by Crippen LogP contribution is -2.23. The fraction of sp³-hybridized carbons (Fsp3) is 0.273. The van der Waals surface area contributed by atoms with Gasteiger partial charge in [-0.25, -0.2) is 8.78 Å². The Hall–Kier alpha value is -3.02. The summed E-state index contributed by atoms with van der Waals surface area (Å²) in [6.45, 7) is 2.24. The highest BCUT2D eigenvalue weighted by Gasteiger charge is 2.14. The Morgan fingerprint density at radius 1 is 1.14 bits per heavy atom. The first-order valence-corrected chi connectivity index (χ1v) is 9.32. The molecule has 0 unspecified atom stereocenters. The predicted octanol–water partition coefficient (Wildman–Crippen LogP) is 5.01. The Bertz CT molecular complexity index is 976. The Morgan fingerprint density at radius 2 is 2.00 bits per heavy atom. The monoisotopic (exact) mass is 384 g/mol. The van der Waals surface area contributed by atoms with E-state index in [2.05, 4.69) is 17.2 Å². The van der Waals surface area contributed by atoms with Crippen LogP contribution in [0.3, 0.4) is 0 Å². The minimum atomic E-state index is -0.652. The van der Waals surface area contributed by atoms with E-state index in [1.807, 2.05) is 6.07 Å². The van der Waals surface area contributed by atoms with Gasteiger partial charge in [0, 0.05) is 35.3 Å². The first kappa shape index (κ1) is 19.7. The quantitative estimate of drug-likeness (QED) is 0.555. The summed E-state index contributed by atoms with van der Waals surface area (Å²) in [5, 5.41) is 3.46. The molecule has 0 fully saturated rings. The fourth-order valence-electron chi connectivity index (χ4n) is 2.88. The van der Waals surface area contributed by atoms with Gasteiger partial charge in [0.05, 0.1) is 12.1 Å². The van der Waals surface area contributed by atoms with Crippen LogP contribution in [0, 0.1) is 11.6 Å². The Labute approximate surface area is 162 Å². The molecule has 0 atom stereocenters. The van der Waals surface area contributed by atoms with E-state index in [4.69, 9.17) is 4.74 Å². The Balaban J connectivity index is 1.68. The molecule has 3 rings (SSSR count). The number of benzene rings is 2. The molecule has 0 saturated carbocycles. The summed E-state index contributed by atoms with van der Waals surface area (Å²) in [4.78, 5) is 16.6. The number of fused-ring (bicyclic) bond motifs is 1. The number of hydrogen-bond acceptors (Lipinski definition) is 3. The summed E-state index contributed by atoms with van der Waals surface area (Å²) in [7, 11) is 0. The average Bonchev–Trinajstić information content (AvgIpc) is 2.71. The zero-order chi connectivity index (χ0) is 19.9. The molecule has 1 aromatic heterocycles. The van der Waals surface area contributed by atoms with Gasteiger partial charge in [-0.1, -0.05) is 25.8 Å². The summed E-state index contributed by atoms with van der Waals surface area (Å²) < 4.78 is 33.8. The number of aromatic nitrogens is 1. The lowest BCUT2D eigenvalue weighted by Gasteiger charge is -2.12. The molecule has 0 radical (unpaired) electrons. The normalized spacial score (nSPS) is 10.8. The fourth-order valence-corrected chi connectivity index (χ4v) is 2.88.